The number of hydrogen-bond donors (Lipinski definition) is 3. The lowest BCUT2D eigenvalue weighted by Crippen LogP contribution is -2.43. The summed E-state index contributed by atoms with van der Waals surface area (Å²) in [4.78, 5) is 18.1. The summed E-state index contributed by atoms with van der Waals surface area (Å²) in [6.45, 7) is 9.85. The van der Waals surface area contributed by atoms with Gasteiger partial charge in [0.25, 0.3) is 0 Å². The molecule has 3 N–H and O–H groups in total. The number of rotatable bonds is 7. The van der Waals surface area contributed by atoms with Gasteiger partial charge in [-0.25, -0.2) is 4.99 Å². The van der Waals surface area contributed by atoms with E-state index in [1.807, 2.05) is 13.8 Å². The second-order valence-corrected chi connectivity index (χ2v) is 4.98. The van der Waals surface area contributed by atoms with Crippen molar-refractivity contribution in [1.29, 1.82) is 0 Å². The van der Waals surface area contributed by atoms with Crippen molar-refractivity contribution in [3.05, 3.63) is 0 Å². The number of likely N-dealkylation sites (tertiary alicyclic amines) is 1. The van der Waals surface area contributed by atoms with E-state index < -0.39 is 0 Å². The van der Waals surface area contributed by atoms with Gasteiger partial charge in [-0.3, -0.25) is 4.79 Å². The van der Waals surface area contributed by atoms with Crippen molar-refractivity contribution in [2.45, 2.75) is 33.1 Å². The zero-order valence-electron chi connectivity index (χ0n) is 13.3. The highest BCUT2D eigenvalue weighted by Crippen LogP contribution is 2.07. The number of nitrogens with zero attached hydrogens (tertiary/aromatic N) is 2. The summed E-state index contributed by atoms with van der Waals surface area (Å²) in [5, 5.41) is 9.18. The van der Waals surface area contributed by atoms with Gasteiger partial charge in [-0.15, -0.1) is 24.0 Å². The Morgan fingerprint density at radius 1 is 1.05 bits per heavy atom. The molecule has 1 aliphatic rings. The van der Waals surface area contributed by atoms with E-state index in [9.17, 15) is 4.79 Å². The van der Waals surface area contributed by atoms with Crippen LogP contribution in [0, 0.1) is 0 Å². The third-order valence-corrected chi connectivity index (χ3v) is 3.27. The van der Waals surface area contributed by atoms with Crippen molar-refractivity contribution < 1.29 is 4.79 Å². The number of carbonyl (C=O) groups excluding carboxylic acids is 1. The van der Waals surface area contributed by atoms with Crippen LogP contribution < -0.4 is 16.0 Å². The Bertz CT molecular complexity index is 306. The summed E-state index contributed by atoms with van der Waals surface area (Å²) in [6, 6.07) is 0. The van der Waals surface area contributed by atoms with Gasteiger partial charge < -0.3 is 20.9 Å². The zero-order valence-corrected chi connectivity index (χ0v) is 15.6. The van der Waals surface area contributed by atoms with Gasteiger partial charge in [-0.1, -0.05) is 6.42 Å². The van der Waals surface area contributed by atoms with Gasteiger partial charge in [-0.05, 0) is 39.8 Å². The molecule has 124 valence electrons. The largest absolute Gasteiger partial charge is 0.357 e. The number of guanidine groups is 1. The molecule has 0 bridgehead atoms. The summed E-state index contributed by atoms with van der Waals surface area (Å²) in [5.74, 6) is 0.677. The molecule has 7 heteroatoms. The highest BCUT2D eigenvalue weighted by atomic mass is 127. The van der Waals surface area contributed by atoms with Gasteiger partial charge in [0.2, 0.25) is 5.91 Å². The predicted molar refractivity (Wildman–Crippen MR) is 98.4 cm³/mol. The molecule has 0 unspecified atom stereocenters. The fourth-order valence-corrected chi connectivity index (χ4v) is 2.26. The Morgan fingerprint density at radius 3 is 2.33 bits per heavy atom. The minimum Gasteiger partial charge on any atom is -0.357 e. The quantitative estimate of drug-likeness (QED) is 0.329. The van der Waals surface area contributed by atoms with E-state index >= 15 is 0 Å². The van der Waals surface area contributed by atoms with Crippen LogP contribution in [0.3, 0.4) is 0 Å². The number of halogens is 1. The smallest absolute Gasteiger partial charge is 0.241 e. The maximum absolute atomic E-state index is 11.4. The molecule has 1 rings (SSSR count). The van der Waals surface area contributed by atoms with Gasteiger partial charge in [0.15, 0.2) is 5.96 Å². The van der Waals surface area contributed by atoms with Crippen LogP contribution in [-0.2, 0) is 4.79 Å². The van der Waals surface area contributed by atoms with Crippen molar-refractivity contribution in [3.63, 3.8) is 0 Å². The minimum atomic E-state index is -0.0410. The second kappa shape index (κ2) is 13.1. The van der Waals surface area contributed by atoms with E-state index in [0.29, 0.717) is 6.54 Å². The molecule has 0 aromatic rings. The van der Waals surface area contributed by atoms with E-state index in [1.54, 1.807) is 0 Å². The molecule has 1 aliphatic heterocycles. The standard InChI is InChI=1S/C14H29N5O.HI/c1-3-15-13(20)12-18-14(16-4-2)17-8-11-19-9-6-5-7-10-19;/h3-12H2,1-2H3,(H,15,20)(H2,16,17,18);1H. The van der Waals surface area contributed by atoms with Crippen molar-refractivity contribution in [3.8, 4) is 0 Å². The van der Waals surface area contributed by atoms with E-state index in [1.165, 1.54) is 32.4 Å². The average Bonchev–Trinajstić information content (AvgIpc) is 2.46. The number of hydrogen-bond acceptors (Lipinski definition) is 3. The lowest BCUT2D eigenvalue weighted by atomic mass is 10.1. The molecule has 0 aromatic carbocycles. The van der Waals surface area contributed by atoms with Gasteiger partial charge in [-0.2, -0.15) is 0 Å². The third-order valence-electron chi connectivity index (χ3n) is 3.27. The highest BCUT2D eigenvalue weighted by molar-refractivity contribution is 14.0. The first-order valence-corrected chi connectivity index (χ1v) is 7.77. The molecule has 1 fully saturated rings. The molecule has 1 saturated heterocycles. The SMILES string of the molecule is CCNC(=O)CN=C(NCC)NCCN1CCCCC1.I. The van der Waals surface area contributed by atoms with Gasteiger partial charge in [0.05, 0.1) is 0 Å². The fraction of sp³-hybridized carbons (Fsp3) is 0.857. The van der Waals surface area contributed by atoms with Crippen molar-refractivity contribution >= 4 is 35.8 Å². The van der Waals surface area contributed by atoms with E-state index in [4.69, 9.17) is 0 Å². The number of carbonyl (C=O) groups is 1. The molecule has 0 atom stereocenters. The number of likely N-dealkylation sites (N-methyl/N-ethyl adjacent to an activating group) is 1. The molecule has 6 nitrogen and oxygen atoms in total. The van der Waals surface area contributed by atoms with E-state index in [0.717, 1.165) is 25.6 Å². The molecule has 1 heterocycles. The van der Waals surface area contributed by atoms with E-state index in [2.05, 4.69) is 25.8 Å². The maximum Gasteiger partial charge on any atom is 0.241 e. The summed E-state index contributed by atoms with van der Waals surface area (Å²) in [7, 11) is 0. The topological polar surface area (TPSA) is 68.8 Å². The van der Waals surface area contributed by atoms with Crippen LogP contribution in [0.25, 0.3) is 0 Å². The number of amides is 1. The van der Waals surface area contributed by atoms with Crippen LogP contribution in [-0.4, -0.2) is 62.6 Å². The maximum atomic E-state index is 11.4. The Hall–Kier alpha value is -0.570. The average molecular weight is 411 g/mol. The normalized spacial score (nSPS) is 16.0. The Balaban J connectivity index is 0.00000400. The zero-order chi connectivity index (χ0) is 14.6. The van der Waals surface area contributed by atoms with Crippen LogP contribution in [0.1, 0.15) is 33.1 Å². The highest BCUT2D eigenvalue weighted by Gasteiger charge is 2.09. The minimum absolute atomic E-state index is 0. The van der Waals surface area contributed by atoms with Crippen molar-refractivity contribution in [2.75, 3.05) is 45.8 Å². The van der Waals surface area contributed by atoms with Gasteiger partial charge in [0.1, 0.15) is 6.54 Å². The van der Waals surface area contributed by atoms with Crippen LogP contribution in [0.2, 0.25) is 0 Å². The van der Waals surface area contributed by atoms with Crippen LogP contribution in [0.5, 0.6) is 0 Å². The van der Waals surface area contributed by atoms with Crippen LogP contribution in [0.4, 0.5) is 0 Å². The molecule has 0 radical (unpaired) electrons. The summed E-state index contributed by atoms with van der Waals surface area (Å²) in [5.41, 5.74) is 0. The number of aliphatic imine (C=N–C) groups is 1. The lowest BCUT2D eigenvalue weighted by Gasteiger charge is -2.26. The van der Waals surface area contributed by atoms with E-state index in [-0.39, 0.29) is 36.4 Å². The summed E-state index contributed by atoms with van der Waals surface area (Å²) in [6.07, 6.45) is 3.98. The number of piperidine rings is 1. The lowest BCUT2D eigenvalue weighted by molar-refractivity contribution is -0.119. The second-order valence-electron chi connectivity index (χ2n) is 4.98. The predicted octanol–water partition coefficient (Wildman–Crippen LogP) is 0.782. The van der Waals surface area contributed by atoms with Crippen LogP contribution >= 0.6 is 24.0 Å². The van der Waals surface area contributed by atoms with Crippen LogP contribution in [0.15, 0.2) is 4.99 Å². The molecule has 0 spiro atoms. The van der Waals surface area contributed by atoms with Gasteiger partial charge in [0, 0.05) is 26.2 Å². The Labute approximate surface area is 145 Å². The Morgan fingerprint density at radius 2 is 1.71 bits per heavy atom. The summed E-state index contributed by atoms with van der Waals surface area (Å²) < 4.78 is 0. The third kappa shape index (κ3) is 9.89. The number of nitrogens with one attached hydrogen (secondary N) is 3. The Kier molecular flexibility index (Phi) is 12.8. The molecule has 0 aliphatic carbocycles. The summed E-state index contributed by atoms with van der Waals surface area (Å²) >= 11 is 0. The molecule has 21 heavy (non-hydrogen) atoms. The first-order chi connectivity index (χ1) is 9.76. The first kappa shape index (κ1) is 20.4. The van der Waals surface area contributed by atoms with Crippen molar-refractivity contribution in [2.24, 2.45) is 4.99 Å². The fourth-order valence-electron chi connectivity index (χ4n) is 2.26. The molecular formula is C14H30IN5O. The monoisotopic (exact) mass is 411 g/mol. The molecule has 0 saturated carbocycles. The first-order valence-electron chi connectivity index (χ1n) is 7.77. The molecule has 0 aromatic heterocycles. The molecular weight excluding hydrogens is 381 g/mol. The van der Waals surface area contributed by atoms with Gasteiger partial charge >= 0.3 is 0 Å². The molecule has 1 amide bonds. The van der Waals surface area contributed by atoms with Crippen molar-refractivity contribution in [1.82, 2.24) is 20.9 Å².